The Bertz CT molecular complexity index is 838. The molecule has 2 amide bonds. The molecule has 0 aliphatic carbocycles. The predicted octanol–water partition coefficient (Wildman–Crippen LogP) is 3.02. The predicted molar refractivity (Wildman–Crippen MR) is 113 cm³/mol. The van der Waals surface area contributed by atoms with E-state index in [1.165, 1.54) is 0 Å². The van der Waals surface area contributed by atoms with Gasteiger partial charge in [-0.05, 0) is 43.2 Å². The second kappa shape index (κ2) is 12.3. The lowest BCUT2D eigenvalue weighted by Gasteiger charge is -2.19. The zero-order valence-corrected chi connectivity index (χ0v) is 17.4. The van der Waals surface area contributed by atoms with Gasteiger partial charge in [-0.15, -0.1) is 0 Å². The van der Waals surface area contributed by atoms with Crippen LogP contribution in [0.25, 0.3) is 0 Å². The Labute approximate surface area is 176 Å². The number of nitrogens with one attached hydrogen (secondary N) is 2. The van der Waals surface area contributed by atoms with Crippen LogP contribution in [0.4, 0.5) is 0 Å². The van der Waals surface area contributed by atoms with Gasteiger partial charge in [0.05, 0.1) is 26.2 Å². The van der Waals surface area contributed by atoms with E-state index in [1.807, 2.05) is 12.1 Å². The summed E-state index contributed by atoms with van der Waals surface area (Å²) in [5.74, 6) is -0.131. The molecular weight excluding hydrogens is 384 g/mol. The molecule has 30 heavy (non-hydrogen) atoms. The highest BCUT2D eigenvalue weighted by molar-refractivity contribution is 5.94. The zero-order chi connectivity index (χ0) is 21.8. The molecule has 2 aromatic carbocycles. The van der Waals surface area contributed by atoms with Crippen LogP contribution in [0.3, 0.4) is 0 Å². The minimum Gasteiger partial charge on any atom is -0.497 e. The van der Waals surface area contributed by atoms with Gasteiger partial charge in [0.1, 0.15) is 5.75 Å². The van der Waals surface area contributed by atoms with Gasteiger partial charge in [0.25, 0.3) is 5.91 Å². The van der Waals surface area contributed by atoms with Crippen LogP contribution < -0.4 is 15.4 Å². The van der Waals surface area contributed by atoms with E-state index in [4.69, 9.17) is 9.47 Å². The third-order valence-corrected chi connectivity index (χ3v) is 4.41. The van der Waals surface area contributed by atoms with Crippen LogP contribution in [-0.2, 0) is 14.3 Å². The molecule has 7 heteroatoms. The van der Waals surface area contributed by atoms with Crippen molar-refractivity contribution >= 4 is 17.8 Å². The summed E-state index contributed by atoms with van der Waals surface area (Å²) < 4.78 is 10.3. The molecule has 0 fully saturated rings. The second-order valence-corrected chi connectivity index (χ2v) is 6.63. The summed E-state index contributed by atoms with van der Waals surface area (Å²) in [7, 11) is 1.56. The van der Waals surface area contributed by atoms with Crippen LogP contribution in [0.15, 0.2) is 54.6 Å². The Morgan fingerprint density at radius 1 is 1.03 bits per heavy atom. The molecule has 0 radical (unpaired) electrons. The average molecular weight is 412 g/mol. The molecule has 0 bridgehead atoms. The van der Waals surface area contributed by atoms with Gasteiger partial charge in [-0.1, -0.05) is 30.3 Å². The Morgan fingerprint density at radius 3 is 2.50 bits per heavy atom. The smallest absolute Gasteiger partial charge is 0.308 e. The normalized spacial score (nSPS) is 11.3. The largest absolute Gasteiger partial charge is 0.497 e. The van der Waals surface area contributed by atoms with E-state index in [0.717, 1.165) is 5.56 Å². The van der Waals surface area contributed by atoms with Crippen molar-refractivity contribution in [2.24, 2.45) is 0 Å². The van der Waals surface area contributed by atoms with E-state index >= 15 is 0 Å². The SMILES string of the molecule is CCOC(=O)CC(NC(=O)CCCNC(=O)c1ccccc1)c1cccc(OC)c1. The van der Waals surface area contributed by atoms with Crippen LogP contribution in [-0.4, -0.2) is 38.0 Å². The van der Waals surface area contributed by atoms with Gasteiger partial charge in [-0.3, -0.25) is 14.4 Å². The molecule has 0 spiro atoms. The lowest BCUT2D eigenvalue weighted by atomic mass is 10.0. The van der Waals surface area contributed by atoms with Crippen molar-refractivity contribution in [3.63, 3.8) is 0 Å². The Hall–Kier alpha value is -3.35. The van der Waals surface area contributed by atoms with E-state index in [-0.39, 0.29) is 37.2 Å². The maximum atomic E-state index is 12.4. The van der Waals surface area contributed by atoms with Crippen LogP contribution in [0, 0.1) is 0 Å². The van der Waals surface area contributed by atoms with Gasteiger partial charge in [0.15, 0.2) is 0 Å². The summed E-state index contributed by atoms with van der Waals surface area (Å²) in [6.07, 6.45) is 0.727. The number of benzene rings is 2. The molecule has 0 aliphatic heterocycles. The minimum atomic E-state index is -0.523. The van der Waals surface area contributed by atoms with Crippen molar-refractivity contribution in [1.29, 1.82) is 0 Å². The van der Waals surface area contributed by atoms with Crippen molar-refractivity contribution in [1.82, 2.24) is 10.6 Å². The molecule has 0 aromatic heterocycles. The molecule has 160 valence electrons. The topological polar surface area (TPSA) is 93.7 Å². The van der Waals surface area contributed by atoms with Crippen LogP contribution in [0.5, 0.6) is 5.75 Å². The van der Waals surface area contributed by atoms with Gasteiger partial charge in [0.2, 0.25) is 5.91 Å². The first-order chi connectivity index (χ1) is 14.5. The summed E-state index contributed by atoms with van der Waals surface area (Å²) in [6, 6.07) is 15.6. The maximum Gasteiger partial charge on any atom is 0.308 e. The average Bonchev–Trinajstić information content (AvgIpc) is 2.77. The summed E-state index contributed by atoms with van der Waals surface area (Å²) in [5, 5.41) is 5.68. The molecule has 0 aliphatic rings. The highest BCUT2D eigenvalue weighted by Crippen LogP contribution is 2.22. The summed E-state index contributed by atoms with van der Waals surface area (Å²) in [5.41, 5.74) is 1.34. The standard InChI is InChI=1S/C23H28N2O5/c1-3-30-22(27)16-20(18-11-7-12-19(15-18)29-2)25-21(26)13-8-14-24-23(28)17-9-5-4-6-10-17/h4-7,9-12,15,20H,3,8,13-14,16H2,1-2H3,(H,24,28)(H,25,26). The van der Waals surface area contributed by atoms with Crippen molar-refractivity contribution in [3.8, 4) is 5.75 Å². The highest BCUT2D eigenvalue weighted by Gasteiger charge is 2.19. The number of rotatable bonds is 11. The number of amides is 2. The number of hydrogen-bond donors (Lipinski definition) is 2. The number of methoxy groups -OCH3 is 1. The van der Waals surface area contributed by atoms with Crippen molar-refractivity contribution in [3.05, 3.63) is 65.7 Å². The minimum absolute atomic E-state index is 0.0253. The van der Waals surface area contributed by atoms with Gasteiger partial charge in [-0.25, -0.2) is 0 Å². The first-order valence-corrected chi connectivity index (χ1v) is 9.95. The van der Waals surface area contributed by atoms with E-state index < -0.39 is 6.04 Å². The molecule has 2 N–H and O–H groups in total. The van der Waals surface area contributed by atoms with E-state index in [1.54, 1.807) is 56.5 Å². The lowest BCUT2D eigenvalue weighted by Crippen LogP contribution is -2.31. The summed E-state index contributed by atoms with van der Waals surface area (Å²) in [6.45, 7) is 2.39. The van der Waals surface area contributed by atoms with E-state index in [0.29, 0.717) is 24.3 Å². The molecule has 2 aromatic rings. The first-order valence-electron chi connectivity index (χ1n) is 9.95. The number of esters is 1. The molecule has 0 saturated carbocycles. The number of ether oxygens (including phenoxy) is 2. The van der Waals surface area contributed by atoms with Gasteiger partial charge >= 0.3 is 5.97 Å². The van der Waals surface area contributed by atoms with Gasteiger partial charge in [0, 0.05) is 18.5 Å². The van der Waals surface area contributed by atoms with E-state index in [2.05, 4.69) is 10.6 Å². The first kappa shape index (κ1) is 22.9. The zero-order valence-electron chi connectivity index (χ0n) is 17.4. The van der Waals surface area contributed by atoms with Gasteiger partial charge < -0.3 is 20.1 Å². The number of carbonyl (C=O) groups excluding carboxylic acids is 3. The Balaban J connectivity index is 1.88. The molecule has 7 nitrogen and oxygen atoms in total. The van der Waals surface area contributed by atoms with Crippen molar-refractivity contribution < 1.29 is 23.9 Å². The maximum absolute atomic E-state index is 12.4. The monoisotopic (exact) mass is 412 g/mol. The molecule has 0 saturated heterocycles. The quantitative estimate of drug-likeness (QED) is 0.437. The summed E-state index contributed by atoms with van der Waals surface area (Å²) >= 11 is 0. The molecule has 2 rings (SSSR count). The lowest BCUT2D eigenvalue weighted by molar-refractivity contribution is -0.143. The van der Waals surface area contributed by atoms with Crippen molar-refractivity contribution in [2.75, 3.05) is 20.3 Å². The van der Waals surface area contributed by atoms with Gasteiger partial charge in [-0.2, -0.15) is 0 Å². The Kier molecular flexibility index (Phi) is 9.37. The highest BCUT2D eigenvalue weighted by atomic mass is 16.5. The van der Waals surface area contributed by atoms with Crippen LogP contribution >= 0.6 is 0 Å². The van der Waals surface area contributed by atoms with Crippen LogP contribution in [0.2, 0.25) is 0 Å². The molecule has 1 atom stereocenters. The fraction of sp³-hybridized carbons (Fsp3) is 0.348. The van der Waals surface area contributed by atoms with Crippen molar-refractivity contribution in [2.45, 2.75) is 32.2 Å². The molecular formula is C23H28N2O5. The second-order valence-electron chi connectivity index (χ2n) is 6.63. The van der Waals surface area contributed by atoms with Crippen LogP contribution in [0.1, 0.15) is 48.1 Å². The van der Waals surface area contributed by atoms with E-state index in [9.17, 15) is 14.4 Å². The fourth-order valence-electron chi connectivity index (χ4n) is 2.91. The third kappa shape index (κ3) is 7.58. The number of hydrogen-bond acceptors (Lipinski definition) is 5. The third-order valence-electron chi connectivity index (χ3n) is 4.41. The molecule has 0 heterocycles. The number of carbonyl (C=O) groups is 3. The summed E-state index contributed by atoms with van der Waals surface area (Å²) in [4.78, 5) is 36.4. The Morgan fingerprint density at radius 2 is 1.80 bits per heavy atom. The fourth-order valence-corrected chi connectivity index (χ4v) is 2.91. The molecule has 1 unspecified atom stereocenters.